The van der Waals surface area contributed by atoms with E-state index in [2.05, 4.69) is 39.0 Å². The number of likely N-dealkylation sites (tertiary alicyclic amines) is 1. The lowest BCUT2D eigenvalue weighted by atomic mass is 9.92. The molecule has 0 saturated carbocycles. The quantitative estimate of drug-likeness (QED) is 0.431. The number of nitrogens with zero attached hydrogens (tertiary/aromatic N) is 5. The SMILES string of the molecule is C=CC(=O)N1CCC(c2cc(-c3ccc(C(=O)Nc4cccc(C#N)c4)nc3)cc3cncnc23)C1. The van der Waals surface area contributed by atoms with E-state index < -0.39 is 0 Å². The Morgan fingerprint density at radius 2 is 2.00 bits per heavy atom. The third kappa shape index (κ3) is 4.55. The van der Waals surface area contributed by atoms with Gasteiger partial charge in [-0.25, -0.2) is 9.97 Å². The van der Waals surface area contributed by atoms with Crippen molar-refractivity contribution in [1.29, 1.82) is 5.26 Å². The molecule has 0 radical (unpaired) electrons. The van der Waals surface area contributed by atoms with E-state index in [1.54, 1.807) is 47.6 Å². The highest BCUT2D eigenvalue weighted by molar-refractivity contribution is 6.03. The molecule has 0 spiro atoms. The summed E-state index contributed by atoms with van der Waals surface area (Å²) >= 11 is 0. The molecule has 2 aromatic heterocycles. The molecule has 3 heterocycles. The Hall–Kier alpha value is -4.90. The van der Waals surface area contributed by atoms with Gasteiger partial charge in [0.2, 0.25) is 5.91 Å². The number of benzene rings is 2. The highest BCUT2D eigenvalue weighted by Gasteiger charge is 2.28. The summed E-state index contributed by atoms with van der Waals surface area (Å²) in [5.41, 5.74) is 4.97. The summed E-state index contributed by atoms with van der Waals surface area (Å²) in [6.45, 7) is 4.88. The van der Waals surface area contributed by atoms with Crippen LogP contribution in [0.5, 0.6) is 0 Å². The molecule has 4 aromatic rings. The first-order chi connectivity index (χ1) is 17.6. The topological polar surface area (TPSA) is 112 Å². The van der Waals surface area contributed by atoms with Crippen LogP contribution >= 0.6 is 0 Å². The van der Waals surface area contributed by atoms with Crippen LogP contribution in [0.2, 0.25) is 0 Å². The van der Waals surface area contributed by atoms with Crippen molar-refractivity contribution in [1.82, 2.24) is 19.9 Å². The van der Waals surface area contributed by atoms with Gasteiger partial charge < -0.3 is 10.2 Å². The number of nitriles is 1. The number of carbonyl (C=O) groups is 2. The van der Waals surface area contributed by atoms with Crippen LogP contribution < -0.4 is 5.32 Å². The molecule has 0 bridgehead atoms. The van der Waals surface area contributed by atoms with Gasteiger partial charge in [-0.3, -0.25) is 14.6 Å². The van der Waals surface area contributed by atoms with E-state index >= 15 is 0 Å². The first-order valence-corrected chi connectivity index (χ1v) is 11.5. The highest BCUT2D eigenvalue weighted by Crippen LogP contribution is 2.35. The van der Waals surface area contributed by atoms with Crippen LogP contribution in [-0.4, -0.2) is 44.8 Å². The zero-order valence-electron chi connectivity index (χ0n) is 19.4. The summed E-state index contributed by atoms with van der Waals surface area (Å²) in [6, 6.07) is 16.4. The second kappa shape index (κ2) is 9.76. The van der Waals surface area contributed by atoms with Gasteiger partial charge in [-0.1, -0.05) is 18.7 Å². The van der Waals surface area contributed by atoms with Crippen LogP contribution in [0.3, 0.4) is 0 Å². The lowest BCUT2D eigenvalue weighted by molar-refractivity contribution is -0.125. The monoisotopic (exact) mass is 474 g/mol. The van der Waals surface area contributed by atoms with E-state index in [1.807, 2.05) is 12.1 Å². The summed E-state index contributed by atoms with van der Waals surface area (Å²) in [4.78, 5) is 39.6. The molecule has 8 heteroatoms. The maximum Gasteiger partial charge on any atom is 0.274 e. The fraction of sp³-hybridized carbons (Fsp3) is 0.143. The molecule has 0 aliphatic carbocycles. The van der Waals surface area contributed by atoms with Crippen molar-refractivity contribution in [3.05, 3.63) is 96.7 Å². The molecule has 1 atom stereocenters. The fourth-order valence-corrected chi connectivity index (χ4v) is 4.51. The molecule has 2 amide bonds. The zero-order valence-corrected chi connectivity index (χ0v) is 19.4. The number of anilines is 1. The summed E-state index contributed by atoms with van der Waals surface area (Å²) in [7, 11) is 0. The van der Waals surface area contributed by atoms with Gasteiger partial charge in [0.15, 0.2) is 0 Å². The van der Waals surface area contributed by atoms with Crippen LogP contribution in [0, 0.1) is 11.3 Å². The van der Waals surface area contributed by atoms with Gasteiger partial charge in [-0.05, 0) is 60.0 Å². The van der Waals surface area contributed by atoms with E-state index in [4.69, 9.17) is 5.26 Å². The Balaban J connectivity index is 1.42. The molecule has 2 aromatic carbocycles. The van der Waals surface area contributed by atoms with Gasteiger partial charge >= 0.3 is 0 Å². The van der Waals surface area contributed by atoms with Crippen LogP contribution in [0.25, 0.3) is 22.0 Å². The van der Waals surface area contributed by atoms with Crippen molar-refractivity contribution in [2.24, 2.45) is 0 Å². The second-order valence-electron chi connectivity index (χ2n) is 8.58. The Bertz CT molecular complexity index is 1520. The van der Waals surface area contributed by atoms with E-state index in [-0.39, 0.29) is 23.4 Å². The van der Waals surface area contributed by atoms with Gasteiger partial charge in [-0.2, -0.15) is 5.26 Å². The molecule has 1 unspecified atom stereocenters. The van der Waals surface area contributed by atoms with Gasteiger partial charge in [0.05, 0.1) is 17.1 Å². The number of hydrogen-bond acceptors (Lipinski definition) is 6. The zero-order chi connectivity index (χ0) is 25.1. The maximum absolute atomic E-state index is 12.7. The molecule has 1 fully saturated rings. The minimum atomic E-state index is -0.359. The molecule has 176 valence electrons. The number of aromatic nitrogens is 3. The first-order valence-electron chi connectivity index (χ1n) is 11.5. The molecular weight excluding hydrogens is 452 g/mol. The third-order valence-electron chi connectivity index (χ3n) is 6.33. The molecule has 5 rings (SSSR count). The Labute approximate surface area is 208 Å². The largest absolute Gasteiger partial charge is 0.339 e. The van der Waals surface area contributed by atoms with Crippen LogP contribution in [0.4, 0.5) is 5.69 Å². The lowest BCUT2D eigenvalue weighted by Gasteiger charge is -2.17. The molecular formula is C28H22N6O2. The van der Waals surface area contributed by atoms with Crippen molar-refractivity contribution >= 4 is 28.4 Å². The van der Waals surface area contributed by atoms with Gasteiger partial charge in [0.25, 0.3) is 5.91 Å². The minimum absolute atomic E-state index is 0.0648. The number of carbonyl (C=O) groups excluding carboxylic acids is 2. The molecule has 1 N–H and O–H groups in total. The predicted octanol–water partition coefficient (Wildman–Crippen LogP) is 4.32. The van der Waals surface area contributed by atoms with Gasteiger partial charge in [0, 0.05) is 48.0 Å². The summed E-state index contributed by atoms with van der Waals surface area (Å²) in [5, 5.41) is 12.7. The number of hydrogen-bond donors (Lipinski definition) is 1. The van der Waals surface area contributed by atoms with Crippen molar-refractivity contribution in [3.8, 4) is 17.2 Å². The fourth-order valence-electron chi connectivity index (χ4n) is 4.51. The molecule has 1 saturated heterocycles. The van der Waals surface area contributed by atoms with Crippen LogP contribution in [0.15, 0.2) is 79.9 Å². The number of fused-ring (bicyclic) bond motifs is 1. The average Bonchev–Trinajstić information content (AvgIpc) is 3.42. The molecule has 8 nitrogen and oxygen atoms in total. The number of pyridine rings is 1. The minimum Gasteiger partial charge on any atom is -0.339 e. The number of rotatable bonds is 5. The third-order valence-corrected chi connectivity index (χ3v) is 6.33. The number of nitrogens with one attached hydrogen (secondary N) is 1. The second-order valence-corrected chi connectivity index (χ2v) is 8.58. The smallest absolute Gasteiger partial charge is 0.274 e. The van der Waals surface area contributed by atoms with E-state index in [1.165, 1.54) is 12.4 Å². The van der Waals surface area contributed by atoms with Gasteiger partial charge in [0.1, 0.15) is 12.0 Å². The highest BCUT2D eigenvalue weighted by atomic mass is 16.2. The summed E-state index contributed by atoms with van der Waals surface area (Å²) in [5.74, 6) is -0.277. The average molecular weight is 475 g/mol. The lowest BCUT2D eigenvalue weighted by Crippen LogP contribution is -2.26. The number of amides is 2. The van der Waals surface area contributed by atoms with Crippen molar-refractivity contribution in [2.45, 2.75) is 12.3 Å². The van der Waals surface area contributed by atoms with E-state index in [0.29, 0.717) is 24.3 Å². The van der Waals surface area contributed by atoms with Crippen molar-refractivity contribution in [3.63, 3.8) is 0 Å². The van der Waals surface area contributed by atoms with Gasteiger partial charge in [-0.15, -0.1) is 0 Å². The van der Waals surface area contributed by atoms with E-state index in [0.717, 1.165) is 34.0 Å². The standard InChI is InChI=1S/C28H22N6O2/c1-2-26(35)34-9-8-20(16-34)24-12-21(11-22-14-30-17-32-27(22)24)19-6-7-25(31-15-19)28(36)33-23-5-3-4-18(10-23)13-29/h2-7,10-12,14-15,17,20H,1,8-9,16H2,(H,33,36). The van der Waals surface area contributed by atoms with Crippen molar-refractivity contribution in [2.75, 3.05) is 18.4 Å². The van der Waals surface area contributed by atoms with E-state index in [9.17, 15) is 9.59 Å². The normalized spacial score (nSPS) is 14.9. The summed E-state index contributed by atoms with van der Waals surface area (Å²) in [6.07, 6.45) is 7.17. The molecule has 1 aliphatic rings. The molecule has 1 aliphatic heterocycles. The Kier molecular flexibility index (Phi) is 6.20. The predicted molar refractivity (Wildman–Crippen MR) is 136 cm³/mol. The Morgan fingerprint density at radius 3 is 2.78 bits per heavy atom. The maximum atomic E-state index is 12.7. The summed E-state index contributed by atoms with van der Waals surface area (Å²) < 4.78 is 0. The first kappa shape index (κ1) is 22.9. The van der Waals surface area contributed by atoms with Crippen LogP contribution in [-0.2, 0) is 4.79 Å². The molecule has 36 heavy (non-hydrogen) atoms. The Morgan fingerprint density at radius 1 is 1.11 bits per heavy atom. The van der Waals surface area contributed by atoms with Crippen LogP contribution in [0.1, 0.15) is 34.0 Å². The van der Waals surface area contributed by atoms with Crippen molar-refractivity contribution < 1.29 is 9.59 Å².